The van der Waals surface area contributed by atoms with Crippen molar-refractivity contribution < 1.29 is 0 Å². The van der Waals surface area contributed by atoms with Crippen LogP contribution < -0.4 is 0 Å². The lowest BCUT2D eigenvalue weighted by molar-refractivity contribution is 0.101. The number of nitrogens with zero attached hydrogens (tertiary/aromatic N) is 3. The molecule has 1 aliphatic heterocycles. The van der Waals surface area contributed by atoms with E-state index in [2.05, 4.69) is 44.5 Å². The first-order valence-electron chi connectivity index (χ1n) is 8.08. The highest BCUT2D eigenvalue weighted by Gasteiger charge is 2.37. The zero-order valence-corrected chi connectivity index (χ0v) is 14.4. The fourth-order valence-electron chi connectivity index (χ4n) is 4.04. The molecule has 0 atom stereocenters. The van der Waals surface area contributed by atoms with E-state index >= 15 is 0 Å². The van der Waals surface area contributed by atoms with Crippen molar-refractivity contribution >= 4 is 15.9 Å². The van der Waals surface area contributed by atoms with Crippen LogP contribution in [0.3, 0.4) is 0 Å². The Morgan fingerprint density at radius 1 is 1.15 bits per heavy atom. The Kier molecular flexibility index (Phi) is 4.23. The van der Waals surface area contributed by atoms with Crippen molar-refractivity contribution in [1.82, 2.24) is 14.7 Å². The summed E-state index contributed by atoms with van der Waals surface area (Å²) in [6.07, 6.45) is 8.71. The average Bonchev–Trinajstić information content (AvgIpc) is 3.01. The molecule has 3 nitrogen and oxygen atoms in total. The van der Waals surface area contributed by atoms with Crippen molar-refractivity contribution in [3.05, 3.63) is 15.9 Å². The summed E-state index contributed by atoms with van der Waals surface area (Å²) < 4.78 is 3.36. The van der Waals surface area contributed by atoms with Crippen LogP contribution in [0.2, 0.25) is 0 Å². The van der Waals surface area contributed by atoms with Gasteiger partial charge in [-0.3, -0.25) is 9.58 Å². The molecule has 0 aromatic carbocycles. The third-order valence-electron chi connectivity index (χ3n) is 5.41. The average molecular weight is 340 g/mol. The molecule has 2 aliphatic rings. The van der Waals surface area contributed by atoms with E-state index in [1.54, 1.807) is 0 Å². The summed E-state index contributed by atoms with van der Waals surface area (Å²) in [7, 11) is 0. The third-order valence-corrected chi connectivity index (χ3v) is 6.44. The van der Waals surface area contributed by atoms with E-state index in [9.17, 15) is 0 Å². The summed E-state index contributed by atoms with van der Waals surface area (Å²) >= 11 is 3.72. The molecule has 4 heteroatoms. The first-order chi connectivity index (χ1) is 9.63. The van der Waals surface area contributed by atoms with Crippen LogP contribution in [0.25, 0.3) is 0 Å². The zero-order chi connectivity index (χ0) is 14.2. The van der Waals surface area contributed by atoms with Gasteiger partial charge >= 0.3 is 0 Å². The third kappa shape index (κ3) is 2.69. The molecule has 0 unspecified atom stereocenters. The minimum absolute atomic E-state index is 0.717. The quantitative estimate of drug-likeness (QED) is 0.825. The van der Waals surface area contributed by atoms with E-state index in [1.807, 2.05) is 0 Å². The number of likely N-dealkylation sites (tertiary alicyclic amines) is 1. The fourth-order valence-corrected chi connectivity index (χ4v) is 4.45. The van der Waals surface area contributed by atoms with Crippen molar-refractivity contribution in [3.8, 4) is 0 Å². The molecule has 0 radical (unpaired) electrons. The highest BCUT2D eigenvalue weighted by atomic mass is 79.9. The van der Waals surface area contributed by atoms with Crippen LogP contribution >= 0.6 is 15.9 Å². The summed E-state index contributed by atoms with van der Waals surface area (Å²) in [5, 5.41) is 4.61. The van der Waals surface area contributed by atoms with Crippen LogP contribution in [-0.2, 0) is 13.1 Å². The van der Waals surface area contributed by atoms with Gasteiger partial charge in [-0.05, 0) is 74.0 Å². The second kappa shape index (κ2) is 5.80. The van der Waals surface area contributed by atoms with Gasteiger partial charge in [0.25, 0.3) is 0 Å². The van der Waals surface area contributed by atoms with Gasteiger partial charge in [0.05, 0.1) is 15.9 Å². The summed E-state index contributed by atoms with van der Waals surface area (Å²) in [6.45, 7) is 8.79. The number of hydrogen-bond donors (Lipinski definition) is 0. The molecule has 1 aromatic rings. The molecule has 1 saturated heterocycles. The van der Waals surface area contributed by atoms with Gasteiger partial charge in [0, 0.05) is 13.1 Å². The Balaban J connectivity index is 1.65. The molecule has 112 valence electrons. The largest absolute Gasteiger partial charge is 0.297 e. The van der Waals surface area contributed by atoms with Crippen molar-refractivity contribution in [2.75, 3.05) is 13.1 Å². The molecule has 3 rings (SSSR count). The summed E-state index contributed by atoms with van der Waals surface area (Å²) in [5.41, 5.74) is 3.19. The summed E-state index contributed by atoms with van der Waals surface area (Å²) in [5.74, 6) is 0. The first-order valence-corrected chi connectivity index (χ1v) is 8.87. The molecule has 1 spiro atoms. The van der Waals surface area contributed by atoms with Gasteiger partial charge in [0.2, 0.25) is 0 Å². The van der Waals surface area contributed by atoms with Gasteiger partial charge in [-0.25, -0.2) is 0 Å². The van der Waals surface area contributed by atoms with Gasteiger partial charge in [-0.1, -0.05) is 12.8 Å². The number of piperidine rings is 1. The van der Waals surface area contributed by atoms with Crippen LogP contribution in [0.5, 0.6) is 0 Å². The number of aryl methyl sites for hydroxylation is 2. The van der Waals surface area contributed by atoms with Gasteiger partial charge in [-0.15, -0.1) is 0 Å². The molecule has 0 amide bonds. The Morgan fingerprint density at radius 2 is 1.80 bits per heavy atom. The van der Waals surface area contributed by atoms with Crippen LogP contribution in [0, 0.1) is 12.3 Å². The fraction of sp³-hybridized carbons (Fsp3) is 0.812. The summed E-state index contributed by atoms with van der Waals surface area (Å²) in [4.78, 5) is 2.62. The van der Waals surface area contributed by atoms with E-state index in [1.165, 1.54) is 61.8 Å². The monoisotopic (exact) mass is 339 g/mol. The molecule has 0 N–H and O–H groups in total. The van der Waals surface area contributed by atoms with Crippen molar-refractivity contribution in [2.24, 2.45) is 5.41 Å². The van der Waals surface area contributed by atoms with Crippen LogP contribution in [-0.4, -0.2) is 27.8 Å². The Morgan fingerprint density at radius 3 is 2.40 bits per heavy atom. The number of rotatable bonds is 3. The number of hydrogen-bond acceptors (Lipinski definition) is 2. The van der Waals surface area contributed by atoms with Crippen LogP contribution in [0.4, 0.5) is 0 Å². The second-order valence-electron chi connectivity index (χ2n) is 6.65. The minimum Gasteiger partial charge on any atom is -0.297 e. The molecule has 20 heavy (non-hydrogen) atoms. The van der Waals surface area contributed by atoms with E-state index in [0.717, 1.165) is 18.8 Å². The molecule has 1 saturated carbocycles. The molecule has 2 heterocycles. The highest BCUT2D eigenvalue weighted by molar-refractivity contribution is 9.10. The number of halogens is 1. The lowest BCUT2D eigenvalue weighted by Crippen LogP contribution is -2.38. The van der Waals surface area contributed by atoms with Crippen molar-refractivity contribution in [2.45, 2.75) is 65.5 Å². The van der Waals surface area contributed by atoms with Crippen molar-refractivity contribution in [1.29, 1.82) is 0 Å². The van der Waals surface area contributed by atoms with Gasteiger partial charge in [0.15, 0.2) is 0 Å². The molecule has 0 bridgehead atoms. The van der Waals surface area contributed by atoms with Gasteiger partial charge in [0.1, 0.15) is 0 Å². The van der Waals surface area contributed by atoms with E-state index in [0.29, 0.717) is 5.41 Å². The van der Waals surface area contributed by atoms with E-state index in [4.69, 9.17) is 0 Å². The number of aromatic nitrogens is 2. The van der Waals surface area contributed by atoms with Crippen LogP contribution in [0.1, 0.15) is 56.8 Å². The topological polar surface area (TPSA) is 21.1 Å². The second-order valence-corrected chi connectivity index (χ2v) is 7.44. The normalized spacial score (nSPS) is 22.8. The maximum absolute atomic E-state index is 4.61. The van der Waals surface area contributed by atoms with Gasteiger partial charge in [-0.2, -0.15) is 5.10 Å². The Bertz CT molecular complexity index is 464. The van der Waals surface area contributed by atoms with E-state index in [-0.39, 0.29) is 0 Å². The maximum atomic E-state index is 4.61. The SMILES string of the molecule is CCn1nc(C)c(Br)c1CN1CCC2(CCCC2)CC1. The lowest BCUT2D eigenvalue weighted by atomic mass is 9.77. The highest BCUT2D eigenvalue weighted by Crippen LogP contribution is 2.46. The van der Waals surface area contributed by atoms with Crippen LogP contribution in [0.15, 0.2) is 4.47 Å². The molecule has 2 fully saturated rings. The molecular weight excluding hydrogens is 314 g/mol. The van der Waals surface area contributed by atoms with Crippen molar-refractivity contribution in [3.63, 3.8) is 0 Å². The first kappa shape index (κ1) is 14.6. The van der Waals surface area contributed by atoms with E-state index < -0.39 is 0 Å². The smallest absolute Gasteiger partial charge is 0.0739 e. The maximum Gasteiger partial charge on any atom is 0.0739 e. The summed E-state index contributed by atoms with van der Waals surface area (Å²) in [6, 6.07) is 0. The Labute approximate surface area is 130 Å². The van der Waals surface area contributed by atoms with Gasteiger partial charge < -0.3 is 0 Å². The molecule has 1 aliphatic carbocycles. The predicted octanol–water partition coefficient (Wildman–Crippen LogP) is 4.13. The minimum atomic E-state index is 0.717. The Hall–Kier alpha value is -0.350. The molecular formula is C16H26BrN3. The predicted molar refractivity (Wildman–Crippen MR) is 85.8 cm³/mol. The standard InChI is InChI=1S/C16H26BrN3/c1-3-20-14(15(17)13(2)18-20)12-19-10-8-16(9-11-19)6-4-5-7-16/h3-12H2,1-2H3. The zero-order valence-electron chi connectivity index (χ0n) is 12.8. The lowest BCUT2D eigenvalue weighted by Gasteiger charge is -2.39. The molecule has 1 aromatic heterocycles.